The summed E-state index contributed by atoms with van der Waals surface area (Å²) in [4.78, 5) is 12.0. The number of hydrogen-bond acceptors (Lipinski definition) is 3. The van der Waals surface area contributed by atoms with Gasteiger partial charge in [-0.15, -0.1) is 0 Å². The molecule has 0 atom stereocenters. The minimum atomic E-state index is -0.223. The Hall–Kier alpha value is -2.62. The molecule has 4 nitrogen and oxygen atoms in total. The third kappa shape index (κ3) is 1.73. The number of rotatable bonds is 1. The Morgan fingerprint density at radius 1 is 1.00 bits per heavy atom. The number of nitrogens with zero attached hydrogens (tertiary/aromatic N) is 2. The third-order valence-corrected chi connectivity index (χ3v) is 2.71. The van der Waals surface area contributed by atoms with Crippen LogP contribution in [0.2, 0.25) is 0 Å². The van der Waals surface area contributed by atoms with Crippen molar-refractivity contribution in [2.45, 2.75) is 0 Å². The molecule has 2 aromatic carbocycles. The Kier molecular flexibility index (Phi) is 2.34. The van der Waals surface area contributed by atoms with Crippen LogP contribution in [-0.2, 0) is 0 Å². The number of phenolic OH excluding ortho intramolecular Hbond substituents is 1. The van der Waals surface area contributed by atoms with E-state index in [4.69, 9.17) is 0 Å². The molecule has 3 rings (SSSR count). The molecule has 0 spiro atoms. The molecule has 4 heteroatoms. The summed E-state index contributed by atoms with van der Waals surface area (Å²) in [5.41, 5.74) is 1.16. The van der Waals surface area contributed by atoms with E-state index >= 15 is 0 Å². The van der Waals surface area contributed by atoms with Crippen LogP contribution in [0.4, 0.5) is 0 Å². The Bertz CT molecular complexity index is 764. The van der Waals surface area contributed by atoms with Crippen molar-refractivity contribution in [3.05, 3.63) is 65.0 Å². The van der Waals surface area contributed by atoms with Crippen LogP contribution in [0.1, 0.15) is 0 Å². The summed E-state index contributed by atoms with van der Waals surface area (Å²) >= 11 is 0. The molecule has 0 radical (unpaired) electrons. The number of aromatic nitrogens is 2. The highest BCUT2D eigenvalue weighted by molar-refractivity contribution is 5.79. The molecule has 0 fully saturated rings. The highest BCUT2D eigenvalue weighted by Crippen LogP contribution is 2.16. The molecule has 1 N–H and O–H groups in total. The van der Waals surface area contributed by atoms with Gasteiger partial charge >= 0.3 is 0 Å². The van der Waals surface area contributed by atoms with E-state index in [0.717, 1.165) is 5.69 Å². The van der Waals surface area contributed by atoms with Crippen molar-refractivity contribution in [3.63, 3.8) is 0 Å². The summed E-state index contributed by atoms with van der Waals surface area (Å²) in [5.74, 6) is 0.126. The first-order chi connectivity index (χ1) is 8.74. The number of fused-ring (bicyclic) bond motifs is 1. The standard InChI is InChI=1S/C14H10N2O2/c17-12-6-7-13-10(8-12)9-14(18)16(15-13)11-4-2-1-3-5-11/h1-9,17H. The molecule has 88 valence electrons. The van der Waals surface area contributed by atoms with Gasteiger partial charge in [0.2, 0.25) is 0 Å². The van der Waals surface area contributed by atoms with Crippen LogP contribution in [0.25, 0.3) is 16.6 Å². The van der Waals surface area contributed by atoms with Crippen molar-refractivity contribution in [2.75, 3.05) is 0 Å². The second-order valence-corrected chi connectivity index (χ2v) is 3.97. The summed E-state index contributed by atoms with van der Waals surface area (Å²) in [6.07, 6.45) is 0. The van der Waals surface area contributed by atoms with Crippen LogP contribution in [0.3, 0.4) is 0 Å². The summed E-state index contributed by atoms with van der Waals surface area (Å²) in [7, 11) is 0. The van der Waals surface area contributed by atoms with E-state index in [-0.39, 0.29) is 11.3 Å². The van der Waals surface area contributed by atoms with Gasteiger partial charge in [-0.1, -0.05) is 18.2 Å². The van der Waals surface area contributed by atoms with Crippen LogP contribution in [0.5, 0.6) is 5.75 Å². The van der Waals surface area contributed by atoms with Gasteiger partial charge in [0.05, 0.1) is 11.2 Å². The fraction of sp³-hybridized carbons (Fsp3) is 0. The molecular formula is C14H10N2O2. The van der Waals surface area contributed by atoms with Crippen molar-refractivity contribution in [2.24, 2.45) is 0 Å². The first-order valence-electron chi connectivity index (χ1n) is 5.52. The molecule has 0 aliphatic rings. The third-order valence-electron chi connectivity index (χ3n) is 2.71. The summed E-state index contributed by atoms with van der Waals surface area (Å²) in [5, 5.41) is 14.3. The molecule has 0 bridgehead atoms. The molecule has 0 unspecified atom stereocenters. The minimum Gasteiger partial charge on any atom is -0.508 e. The van der Waals surface area contributed by atoms with Gasteiger partial charge in [-0.05, 0) is 30.3 Å². The molecular weight excluding hydrogens is 228 g/mol. The zero-order chi connectivity index (χ0) is 12.5. The van der Waals surface area contributed by atoms with Gasteiger partial charge in [0.25, 0.3) is 5.56 Å². The normalized spacial score (nSPS) is 10.7. The van der Waals surface area contributed by atoms with Crippen LogP contribution in [-0.4, -0.2) is 14.9 Å². The number of benzene rings is 2. The van der Waals surface area contributed by atoms with E-state index in [1.807, 2.05) is 30.3 Å². The van der Waals surface area contributed by atoms with Gasteiger partial charge in [0, 0.05) is 11.5 Å². The van der Waals surface area contributed by atoms with E-state index < -0.39 is 0 Å². The Morgan fingerprint density at radius 2 is 1.78 bits per heavy atom. The molecule has 0 aliphatic heterocycles. The molecule has 0 saturated carbocycles. The van der Waals surface area contributed by atoms with E-state index in [1.54, 1.807) is 12.1 Å². The highest BCUT2D eigenvalue weighted by atomic mass is 16.3. The maximum absolute atomic E-state index is 12.0. The number of para-hydroxylation sites is 1. The lowest BCUT2D eigenvalue weighted by Crippen LogP contribution is -2.19. The average molecular weight is 238 g/mol. The second kappa shape index (κ2) is 4.00. The first-order valence-corrected chi connectivity index (χ1v) is 5.52. The fourth-order valence-corrected chi connectivity index (χ4v) is 1.85. The van der Waals surface area contributed by atoms with Crippen LogP contribution < -0.4 is 5.56 Å². The molecule has 0 aliphatic carbocycles. The topological polar surface area (TPSA) is 55.1 Å². The Balaban J connectivity index is 2.29. The van der Waals surface area contributed by atoms with Crippen LogP contribution >= 0.6 is 0 Å². The lowest BCUT2D eigenvalue weighted by molar-refractivity contribution is 0.476. The molecule has 3 aromatic rings. The van der Waals surface area contributed by atoms with Gasteiger partial charge in [0.15, 0.2) is 0 Å². The van der Waals surface area contributed by atoms with Crippen LogP contribution in [0.15, 0.2) is 59.4 Å². The molecule has 0 amide bonds. The molecule has 1 aromatic heterocycles. The summed E-state index contributed by atoms with van der Waals surface area (Å²) in [6, 6.07) is 15.5. The smallest absolute Gasteiger partial charge is 0.272 e. The maximum atomic E-state index is 12.0. The minimum absolute atomic E-state index is 0.126. The molecule has 0 saturated heterocycles. The van der Waals surface area contributed by atoms with E-state index in [1.165, 1.54) is 16.8 Å². The van der Waals surface area contributed by atoms with Crippen LogP contribution in [0, 0.1) is 0 Å². The molecule has 18 heavy (non-hydrogen) atoms. The predicted molar refractivity (Wildman–Crippen MR) is 69.0 cm³/mol. The number of aromatic hydroxyl groups is 1. The lowest BCUT2D eigenvalue weighted by Gasteiger charge is -2.05. The number of phenols is 1. The van der Waals surface area contributed by atoms with E-state index in [9.17, 15) is 9.90 Å². The van der Waals surface area contributed by atoms with Crippen molar-refractivity contribution in [3.8, 4) is 11.4 Å². The predicted octanol–water partition coefficient (Wildman–Crippen LogP) is 2.09. The maximum Gasteiger partial charge on any atom is 0.272 e. The summed E-state index contributed by atoms with van der Waals surface area (Å²) in [6.45, 7) is 0. The first kappa shape index (κ1) is 10.5. The van der Waals surface area contributed by atoms with Crippen molar-refractivity contribution in [1.82, 2.24) is 9.78 Å². The SMILES string of the molecule is O=c1cc2cc(O)ccc2nn1-c1ccccc1. The highest BCUT2D eigenvalue weighted by Gasteiger charge is 2.04. The largest absolute Gasteiger partial charge is 0.508 e. The Labute approximate surface area is 103 Å². The monoisotopic (exact) mass is 238 g/mol. The van der Waals surface area contributed by atoms with Gasteiger partial charge < -0.3 is 5.11 Å². The van der Waals surface area contributed by atoms with Gasteiger partial charge in [-0.3, -0.25) is 4.79 Å². The molecule has 1 heterocycles. The zero-order valence-corrected chi connectivity index (χ0v) is 9.45. The van der Waals surface area contributed by atoms with Gasteiger partial charge in [-0.25, -0.2) is 0 Å². The second-order valence-electron chi connectivity index (χ2n) is 3.97. The van der Waals surface area contributed by atoms with E-state index in [2.05, 4.69) is 5.10 Å². The number of hydrogen-bond donors (Lipinski definition) is 1. The summed E-state index contributed by atoms with van der Waals surface area (Å²) < 4.78 is 1.35. The van der Waals surface area contributed by atoms with E-state index in [0.29, 0.717) is 10.9 Å². The average Bonchev–Trinajstić information content (AvgIpc) is 2.39. The Morgan fingerprint density at radius 3 is 2.56 bits per heavy atom. The van der Waals surface area contributed by atoms with Gasteiger partial charge in [-0.2, -0.15) is 9.78 Å². The fourth-order valence-electron chi connectivity index (χ4n) is 1.85. The quantitative estimate of drug-likeness (QED) is 0.706. The zero-order valence-electron chi connectivity index (χ0n) is 9.45. The van der Waals surface area contributed by atoms with Crippen molar-refractivity contribution < 1.29 is 5.11 Å². The van der Waals surface area contributed by atoms with Crippen molar-refractivity contribution >= 4 is 10.9 Å². The van der Waals surface area contributed by atoms with Crippen molar-refractivity contribution in [1.29, 1.82) is 0 Å². The lowest BCUT2D eigenvalue weighted by atomic mass is 10.2. The van der Waals surface area contributed by atoms with Gasteiger partial charge in [0.1, 0.15) is 5.75 Å².